The Labute approximate surface area is 401 Å². The van der Waals surface area contributed by atoms with Crippen LogP contribution in [0.4, 0.5) is 9.59 Å². The van der Waals surface area contributed by atoms with Crippen molar-refractivity contribution in [3.63, 3.8) is 0 Å². The van der Waals surface area contributed by atoms with Crippen molar-refractivity contribution in [3.05, 3.63) is 0 Å². The van der Waals surface area contributed by atoms with Gasteiger partial charge in [-0.25, -0.2) is 9.59 Å². The van der Waals surface area contributed by atoms with Crippen molar-refractivity contribution in [2.45, 2.75) is 219 Å². The Balaban J connectivity index is 1.81. The molecule has 2 aliphatic heterocycles. The molecule has 386 valence electrons. The van der Waals surface area contributed by atoms with Crippen LogP contribution >= 0.6 is 0 Å². The van der Waals surface area contributed by atoms with Crippen LogP contribution in [0.3, 0.4) is 0 Å². The summed E-state index contributed by atoms with van der Waals surface area (Å²) in [7, 11) is 0. The zero-order chi connectivity index (χ0) is 47.4. The highest BCUT2D eigenvalue weighted by Gasteiger charge is 2.30. The van der Waals surface area contributed by atoms with Crippen molar-refractivity contribution in [1.29, 1.82) is 0 Å². The van der Waals surface area contributed by atoms with Gasteiger partial charge < -0.3 is 48.9 Å². The molecule has 14 heteroatoms. The van der Waals surface area contributed by atoms with Gasteiger partial charge >= 0.3 is 24.1 Å². The second-order valence-electron chi connectivity index (χ2n) is 18.7. The van der Waals surface area contributed by atoms with Crippen molar-refractivity contribution >= 4 is 24.1 Å². The van der Waals surface area contributed by atoms with Crippen molar-refractivity contribution in [3.8, 4) is 0 Å². The summed E-state index contributed by atoms with van der Waals surface area (Å²) in [4.78, 5) is 55.4. The number of likely N-dealkylation sites (tertiary alicyclic amines) is 2. The van der Waals surface area contributed by atoms with Crippen molar-refractivity contribution in [2.24, 2.45) is 0 Å². The maximum Gasteiger partial charge on any atom is 0.407 e. The normalized spacial score (nSPS) is 15.1. The molecule has 0 radical (unpaired) electrons. The molecule has 2 fully saturated rings. The number of ether oxygens (including phenoxy) is 6. The van der Waals surface area contributed by atoms with Crippen LogP contribution in [0, 0.1) is 0 Å². The van der Waals surface area contributed by atoms with Crippen LogP contribution in [0.5, 0.6) is 0 Å². The van der Waals surface area contributed by atoms with Crippen LogP contribution in [0.1, 0.15) is 206 Å². The monoisotopic (exact) mass is 939 g/mol. The van der Waals surface area contributed by atoms with Crippen LogP contribution in [0.2, 0.25) is 0 Å². The Kier molecular flexibility index (Phi) is 39.3. The van der Waals surface area contributed by atoms with E-state index in [-0.39, 0.29) is 25.2 Å². The third kappa shape index (κ3) is 35.5. The molecule has 2 N–H and O–H groups in total. The summed E-state index contributed by atoms with van der Waals surface area (Å²) >= 11 is 0. The van der Waals surface area contributed by atoms with Gasteiger partial charge in [0.05, 0.1) is 26.4 Å². The van der Waals surface area contributed by atoms with Crippen LogP contribution in [0.25, 0.3) is 0 Å². The number of hydrogen-bond donors (Lipinski definition) is 2. The highest BCUT2D eigenvalue weighted by Crippen LogP contribution is 2.14. The van der Waals surface area contributed by atoms with Gasteiger partial charge in [-0.05, 0) is 116 Å². The molecule has 0 aromatic heterocycles. The molecule has 2 amide bonds. The summed E-state index contributed by atoms with van der Waals surface area (Å²) in [5, 5.41) is 5.79. The number of amides is 2. The van der Waals surface area contributed by atoms with Gasteiger partial charge in [0.2, 0.25) is 0 Å². The lowest BCUT2D eigenvalue weighted by Gasteiger charge is -2.27. The number of esters is 2. The Morgan fingerprint density at radius 2 is 0.758 bits per heavy atom. The predicted octanol–water partition coefficient (Wildman–Crippen LogP) is 10.7. The molecule has 0 saturated carbocycles. The fourth-order valence-corrected chi connectivity index (χ4v) is 8.48. The minimum absolute atomic E-state index is 0.0588. The first-order valence-corrected chi connectivity index (χ1v) is 27.2. The molecule has 2 rings (SSSR count). The van der Waals surface area contributed by atoms with Crippen LogP contribution < -0.4 is 10.6 Å². The van der Waals surface area contributed by atoms with Crippen molar-refractivity contribution in [1.82, 2.24) is 20.4 Å². The summed E-state index contributed by atoms with van der Waals surface area (Å²) in [6, 6.07) is 0. The standard InChI is InChI=1S/C52H98N4O10/c1-3-5-7-9-17-27-43-63-49(57)31-19-13-11-15-25-41-61-45-47(65-51(59)53-33-29-39-55-35-21-22-36-55)48(66-52(60)54-34-30-40-56-37-23-24-38-56)46-62-42-26-16-12-14-20-32-50(58)64-44-28-18-10-8-6-4-2/h47-48H,3-46H2,1-2H3,(H,53,59)(H,54,60). The van der Waals surface area contributed by atoms with E-state index in [9.17, 15) is 19.2 Å². The first kappa shape index (κ1) is 59.4. The Hall–Kier alpha value is -2.68. The fourth-order valence-electron chi connectivity index (χ4n) is 8.48. The van der Waals surface area contributed by atoms with Crippen LogP contribution in [-0.2, 0) is 38.0 Å². The summed E-state index contributed by atoms with van der Waals surface area (Å²) in [6.45, 7) is 13.8. The molecule has 2 heterocycles. The molecule has 0 spiro atoms. The Morgan fingerprint density at radius 1 is 0.424 bits per heavy atom. The van der Waals surface area contributed by atoms with E-state index in [1.165, 1.54) is 77.0 Å². The van der Waals surface area contributed by atoms with Crippen LogP contribution in [-0.4, -0.2) is 138 Å². The Morgan fingerprint density at radius 3 is 1.14 bits per heavy atom. The van der Waals surface area contributed by atoms with E-state index >= 15 is 0 Å². The minimum atomic E-state index is -0.873. The second kappa shape index (κ2) is 43.6. The summed E-state index contributed by atoms with van der Waals surface area (Å²) in [6.07, 6.45) is 27.6. The lowest BCUT2D eigenvalue weighted by Crippen LogP contribution is -2.45. The summed E-state index contributed by atoms with van der Waals surface area (Å²) < 4.78 is 34.9. The number of hydrogen-bond acceptors (Lipinski definition) is 12. The number of carbonyl (C=O) groups excluding carboxylic acids is 4. The number of nitrogens with one attached hydrogen (secondary N) is 2. The number of nitrogens with zero attached hydrogens (tertiary/aromatic N) is 2. The zero-order valence-corrected chi connectivity index (χ0v) is 42.2. The summed E-state index contributed by atoms with van der Waals surface area (Å²) in [5.74, 6) is -0.205. The maximum absolute atomic E-state index is 13.2. The van der Waals surface area contributed by atoms with Gasteiger partial charge in [0.25, 0.3) is 0 Å². The third-order valence-electron chi connectivity index (χ3n) is 12.6. The molecule has 14 nitrogen and oxygen atoms in total. The number of carbonyl (C=O) groups is 4. The van der Waals surface area contributed by atoms with Gasteiger partial charge in [0.15, 0.2) is 12.2 Å². The lowest BCUT2D eigenvalue weighted by molar-refractivity contribution is -0.144. The molecule has 0 aliphatic carbocycles. The van der Waals surface area contributed by atoms with Crippen LogP contribution in [0.15, 0.2) is 0 Å². The van der Waals surface area contributed by atoms with Crippen molar-refractivity contribution in [2.75, 3.05) is 92.0 Å². The molecule has 0 aromatic rings. The highest BCUT2D eigenvalue weighted by molar-refractivity contribution is 5.69. The van der Waals surface area contributed by atoms with Gasteiger partial charge in [-0.1, -0.05) is 117 Å². The predicted molar refractivity (Wildman–Crippen MR) is 263 cm³/mol. The van der Waals surface area contributed by atoms with E-state index < -0.39 is 24.4 Å². The Bertz CT molecular complexity index is 1080. The molecular weight excluding hydrogens is 841 g/mol. The zero-order valence-electron chi connectivity index (χ0n) is 42.2. The number of unbranched alkanes of at least 4 members (excludes halogenated alkanes) is 18. The van der Waals surface area contributed by atoms with Gasteiger partial charge in [-0.2, -0.15) is 0 Å². The number of alkyl carbamates (subject to hydrolysis) is 2. The third-order valence-corrected chi connectivity index (χ3v) is 12.6. The lowest BCUT2D eigenvalue weighted by atomic mass is 10.1. The average Bonchev–Trinajstić information content (AvgIpc) is 4.05. The molecule has 2 atom stereocenters. The smallest absolute Gasteiger partial charge is 0.407 e. The van der Waals surface area contributed by atoms with Gasteiger partial charge in [0.1, 0.15) is 0 Å². The van der Waals surface area contributed by atoms with E-state index in [4.69, 9.17) is 28.4 Å². The van der Waals surface area contributed by atoms with Gasteiger partial charge in [0, 0.05) is 39.1 Å². The van der Waals surface area contributed by atoms with Gasteiger partial charge in [-0.15, -0.1) is 0 Å². The van der Waals surface area contributed by atoms with E-state index in [1.807, 2.05) is 0 Å². The first-order chi connectivity index (χ1) is 32.4. The average molecular weight is 939 g/mol. The van der Waals surface area contributed by atoms with E-state index in [2.05, 4.69) is 34.3 Å². The molecule has 2 aliphatic rings. The molecule has 0 bridgehead atoms. The summed E-state index contributed by atoms with van der Waals surface area (Å²) in [5.41, 5.74) is 0. The topological polar surface area (TPSA) is 154 Å². The quantitative estimate of drug-likeness (QED) is 0.0339. The molecular formula is C52H98N4O10. The SMILES string of the molecule is CCCCCCCCOC(=O)CCCCCCCOCC(OC(=O)NCCCN1CCCC1)C(COCCCCCCCC(=O)OCCCCCCCC)OC(=O)NCCCN1CCCC1. The molecule has 2 saturated heterocycles. The fraction of sp³-hybridized carbons (Fsp3) is 0.923. The van der Waals surface area contributed by atoms with E-state index in [0.29, 0.717) is 52.4 Å². The molecule has 66 heavy (non-hydrogen) atoms. The van der Waals surface area contributed by atoms with Crippen molar-refractivity contribution < 1.29 is 47.6 Å². The second-order valence-corrected chi connectivity index (χ2v) is 18.7. The number of rotatable bonds is 45. The first-order valence-electron chi connectivity index (χ1n) is 27.2. The molecule has 0 aromatic carbocycles. The van der Waals surface area contributed by atoms with Gasteiger partial charge in [-0.3, -0.25) is 9.59 Å². The van der Waals surface area contributed by atoms with E-state index in [0.717, 1.165) is 142 Å². The maximum atomic E-state index is 13.2. The highest BCUT2D eigenvalue weighted by atomic mass is 16.6. The van der Waals surface area contributed by atoms with E-state index in [1.54, 1.807) is 0 Å². The minimum Gasteiger partial charge on any atom is -0.466 e. The molecule has 2 unspecified atom stereocenters. The largest absolute Gasteiger partial charge is 0.466 e.